The van der Waals surface area contributed by atoms with E-state index < -0.39 is 17.0 Å². The second kappa shape index (κ2) is 4.55. The molecule has 0 atom stereocenters. The lowest BCUT2D eigenvalue weighted by Gasteiger charge is -2.25. The number of ether oxygens (including phenoxy) is 1. The van der Waals surface area contributed by atoms with Gasteiger partial charge >= 0.3 is 0 Å². The Morgan fingerprint density at radius 2 is 2.00 bits per heavy atom. The van der Waals surface area contributed by atoms with Crippen LogP contribution in [0.4, 0.5) is 8.78 Å². The zero-order valence-electron chi connectivity index (χ0n) is 9.27. The lowest BCUT2D eigenvalue weighted by molar-refractivity contribution is 0.209. The van der Waals surface area contributed by atoms with Crippen LogP contribution in [0.2, 0.25) is 5.02 Å². The van der Waals surface area contributed by atoms with Crippen molar-refractivity contribution in [2.75, 3.05) is 13.7 Å². The third-order valence-corrected chi connectivity index (χ3v) is 2.68. The largest absolute Gasteiger partial charge is 0.493 e. The second-order valence-electron chi connectivity index (χ2n) is 4.10. The third-order valence-electron chi connectivity index (χ3n) is 2.40. The van der Waals surface area contributed by atoms with E-state index in [2.05, 4.69) is 0 Å². The lowest BCUT2D eigenvalue weighted by atomic mass is 9.84. The molecule has 0 aliphatic carbocycles. The van der Waals surface area contributed by atoms with E-state index >= 15 is 0 Å². The molecule has 16 heavy (non-hydrogen) atoms. The van der Waals surface area contributed by atoms with Crippen LogP contribution in [0.15, 0.2) is 6.07 Å². The predicted octanol–water partition coefficient (Wildman–Crippen LogP) is 2.90. The van der Waals surface area contributed by atoms with Crippen molar-refractivity contribution >= 4 is 11.6 Å². The Labute approximate surface area is 97.8 Å². The molecule has 0 radical (unpaired) electrons. The molecular weight excluding hydrogens is 238 g/mol. The maximum Gasteiger partial charge on any atom is 0.167 e. The molecule has 0 aromatic heterocycles. The van der Waals surface area contributed by atoms with Crippen LogP contribution in [0.5, 0.6) is 5.75 Å². The third kappa shape index (κ3) is 2.13. The minimum atomic E-state index is -0.971. The van der Waals surface area contributed by atoms with Crippen LogP contribution in [0.1, 0.15) is 19.4 Å². The Hall–Kier alpha value is -0.870. The molecule has 1 N–H and O–H groups in total. The maximum atomic E-state index is 13.8. The van der Waals surface area contributed by atoms with Crippen molar-refractivity contribution in [2.45, 2.75) is 19.3 Å². The van der Waals surface area contributed by atoms with E-state index in [1.807, 2.05) is 0 Å². The molecule has 0 fully saturated rings. The molecular formula is C11H13ClF2O2. The summed E-state index contributed by atoms with van der Waals surface area (Å²) in [6.07, 6.45) is 0. The highest BCUT2D eigenvalue weighted by Gasteiger charge is 2.31. The van der Waals surface area contributed by atoms with Gasteiger partial charge in [0.1, 0.15) is 5.82 Å². The minimum absolute atomic E-state index is 0.0532. The quantitative estimate of drug-likeness (QED) is 0.836. The molecule has 0 unspecified atom stereocenters. The van der Waals surface area contributed by atoms with Gasteiger partial charge in [-0.25, -0.2) is 8.78 Å². The number of aliphatic hydroxyl groups is 1. The smallest absolute Gasteiger partial charge is 0.167 e. The first-order valence-electron chi connectivity index (χ1n) is 4.68. The first-order valence-corrected chi connectivity index (χ1v) is 5.05. The Morgan fingerprint density at radius 1 is 1.44 bits per heavy atom. The first kappa shape index (κ1) is 13.2. The average molecular weight is 251 g/mol. The number of benzene rings is 1. The van der Waals surface area contributed by atoms with Gasteiger partial charge in [0.15, 0.2) is 11.6 Å². The van der Waals surface area contributed by atoms with Crippen LogP contribution < -0.4 is 4.74 Å². The summed E-state index contributed by atoms with van der Waals surface area (Å²) in [4.78, 5) is 0. The monoisotopic (exact) mass is 250 g/mol. The van der Waals surface area contributed by atoms with Crippen LogP contribution in [-0.2, 0) is 5.41 Å². The van der Waals surface area contributed by atoms with Gasteiger partial charge in [-0.3, -0.25) is 0 Å². The van der Waals surface area contributed by atoms with Crippen LogP contribution in [0.25, 0.3) is 0 Å². The molecule has 1 aromatic rings. The van der Waals surface area contributed by atoms with E-state index in [-0.39, 0.29) is 22.9 Å². The van der Waals surface area contributed by atoms with E-state index in [9.17, 15) is 13.9 Å². The Kier molecular flexibility index (Phi) is 3.76. The molecule has 0 aliphatic heterocycles. The van der Waals surface area contributed by atoms with Gasteiger partial charge < -0.3 is 9.84 Å². The summed E-state index contributed by atoms with van der Waals surface area (Å²) in [6.45, 7) is 2.80. The fourth-order valence-electron chi connectivity index (χ4n) is 1.46. The highest BCUT2D eigenvalue weighted by molar-refractivity contribution is 6.30. The SMILES string of the molecule is COc1c(F)cc(Cl)c(F)c1C(C)(C)CO. The van der Waals surface area contributed by atoms with Crippen LogP contribution >= 0.6 is 11.6 Å². The van der Waals surface area contributed by atoms with Gasteiger partial charge in [0.2, 0.25) is 0 Å². The van der Waals surface area contributed by atoms with Crippen molar-refractivity contribution < 1.29 is 18.6 Å². The van der Waals surface area contributed by atoms with Gasteiger partial charge in [-0.1, -0.05) is 25.4 Å². The van der Waals surface area contributed by atoms with Crippen molar-refractivity contribution in [1.29, 1.82) is 0 Å². The Balaban J connectivity index is 3.57. The molecule has 1 rings (SSSR count). The molecule has 1 aromatic carbocycles. The number of rotatable bonds is 3. The summed E-state index contributed by atoms with van der Waals surface area (Å²) in [5, 5.41) is 8.86. The van der Waals surface area contributed by atoms with Crippen molar-refractivity contribution in [1.82, 2.24) is 0 Å². The molecule has 5 heteroatoms. The van der Waals surface area contributed by atoms with Crippen molar-refractivity contribution in [3.63, 3.8) is 0 Å². The second-order valence-corrected chi connectivity index (χ2v) is 4.51. The summed E-state index contributed by atoms with van der Waals surface area (Å²) in [7, 11) is 1.24. The fraction of sp³-hybridized carbons (Fsp3) is 0.455. The van der Waals surface area contributed by atoms with Crippen LogP contribution in [0, 0.1) is 11.6 Å². The van der Waals surface area contributed by atoms with Crippen molar-refractivity contribution in [2.24, 2.45) is 0 Å². The summed E-state index contributed by atoms with van der Waals surface area (Å²) in [5.41, 5.74) is -1.02. The summed E-state index contributed by atoms with van der Waals surface area (Å²) < 4.78 is 32.1. The molecule has 0 saturated heterocycles. The molecule has 0 saturated carbocycles. The molecule has 0 spiro atoms. The fourth-order valence-corrected chi connectivity index (χ4v) is 1.65. The molecule has 0 bridgehead atoms. The van der Waals surface area contributed by atoms with E-state index in [0.717, 1.165) is 6.07 Å². The van der Waals surface area contributed by atoms with E-state index in [1.165, 1.54) is 7.11 Å². The summed E-state index contributed by atoms with van der Waals surface area (Å²) in [5.74, 6) is -1.73. The van der Waals surface area contributed by atoms with E-state index in [4.69, 9.17) is 16.3 Å². The van der Waals surface area contributed by atoms with E-state index in [0.29, 0.717) is 0 Å². The van der Waals surface area contributed by atoms with Crippen LogP contribution in [0.3, 0.4) is 0 Å². The zero-order chi connectivity index (χ0) is 12.5. The Bertz CT molecular complexity index is 405. The van der Waals surface area contributed by atoms with Crippen LogP contribution in [-0.4, -0.2) is 18.8 Å². The summed E-state index contributed by atoms with van der Waals surface area (Å²) >= 11 is 5.56. The van der Waals surface area contributed by atoms with Gasteiger partial charge in [-0.15, -0.1) is 0 Å². The Morgan fingerprint density at radius 3 is 2.44 bits per heavy atom. The summed E-state index contributed by atoms with van der Waals surface area (Å²) in [6, 6.07) is 0.854. The van der Waals surface area contributed by atoms with Gasteiger partial charge in [0, 0.05) is 11.0 Å². The van der Waals surface area contributed by atoms with E-state index in [1.54, 1.807) is 13.8 Å². The molecule has 0 amide bonds. The lowest BCUT2D eigenvalue weighted by Crippen LogP contribution is -2.25. The molecule has 2 nitrogen and oxygen atoms in total. The highest BCUT2D eigenvalue weighted by Crippen LogP contribution is 2.38. The van der Waals surface area contributed by atoms with Crippen molar-refractivity contribution in [3.05, 3.63) is 28.3 Å². The maximum absolute atomic E-state index is 13.8. The molecule has 0 aliphatic rings. The number of halogens is 3. The number of hydrogen-bond acceptors (Lipinski definition) is 2. The number of methoxy groups -OCH3 is 1. The topological polar surface area (TPSA) is 29.5 Å². The highest BCUT2D eigenvalue weighted by atomic mass is 35.5. The van der Waals surface area contributed by atoms with Gasteiger partial charge in [0.25, 0.3) is 0 Å². The standard InChI is InChI=1S/C11H13ClF2O2/c1-11(2,5-15)8-9(14)6(12)4-7(13)10(8)16-3/h4,15H,5H2,1-3H3. The normalized spacial score (nSPS) is 11.7. The molecule has 90 valence electrons. The molecule has 0 heterocycles. The zero-order valence-corrected chi connectivity index (χ0v) is 10.0. The van der Waals surface area contributed by atoms with Crippen molar-refractivity contribution in [3.8, 4) is 5.75 Å². The van der Waals surface area contributed by atoms with Gasteiger partial charge in [-0.05, 0) is 6.07 Å². The van der Waals surface area contributed by atoms with Gasteiger partial charge in [0.05, 0.1) is 18.7 Å². The minimum Gasteiger partial charge on any atom is -0.493 e. The first-order chi connectivity index (χ1) is 7.35. The predicted molar refractivity (Wildman–Crippen MR) is 58.0 cm³/mol. The number of hydrogen-bond donors (Lipinski definition) is 1. The average Bonchev–Trinajstić information content (AvgIpc) is 2.22. The van der Waals surface area contributed by atoms with Gasteiger partial charge in [-0.2, -0.15) is 0 Å². The number of aliphatic hydroxyl groups excluding tert-OH is 1.